The Kier molecular flexibility index (Phi) is 6.21. The number of carbonyl (C=O) groups is 1. The first-order valence-corrected chi connectivity index (χ1v) is 13.4. The highest BCUT2D eigenvalue weighted by Crippen LogP contribution is 2.47. The number of aryl methyl sites for hydroxylation is 1. The molecule has 1 amide bonds. The van der Waals surface area contributed by atoms with Crippen LogP contribution in [0.3, 0.4) is 0 Å². The van der Waals surface area contributed by atoms with Crippen molar-refractivity contribution in [3.05, 3.63) is 50.9 Å². The zero-order chi connectivity index (χ0) is 24.7. The van der Waals surface area contributed by atoms with E-state index in [1.807, 2.05) is 12.1 Å². The third-order valence-corrected chi connectivity index (χ3v) is 8.68. The van der Waals surface area contributed by atoms with E-state index in [4.69, 9.17) is 15.5 Å². The van der Waals surface area contributed by atoms with Crippen LogP contribution in [0.5, 0.6) is 0 Å². The van der Waals surface area contributed by atoms with Gasteiger partial charge in [0, 0.05) is 68.0 Å². The van der Waals surface area contributed by atoms with E-state index in [1.54, 1.807) is 0 Å². The van der Waals surface area contributed by atoms with Gasteiger partial charge in [-0.2, -0.15) is 0 Å². The lowest BCUT2D eigenvalue weighted by Crippen LogP contribution is -2.47. The standard InChI is InChI=1S/C27H36N6O3/c28-24(34)19-5-6-23-21(17-19)27(18-33(23)12-11-31-13-15-36-16-14-31)7-9-32(10-8-27)26-29-22-4-2-1-3-20(22)25(35)30-26/h5-6,17H,1-4,7-16,18H2,(H2,28,34)(H,29,30,35). The van der Waals surface area contributed by atoms with Crippen molar-refractivity contribution in [3.63, 3.8) is 0 Å². The molecule has 2 fully saturated rings. The number of morpholine rings is 1. The van der Waals surface area contributed by atoms with Crippen molar-refractivity contribution < 1.29 is 9.53 Å². The monoisotopic (exact) mass is 492 g/mol. The summed E-state index contributed by atoms with van der Waals surface area (Å²) in [6.45, 7) is 8.10. The molecular formula is C27H36N6O3. The molecule has 9 heteroatoms. The molecule has 3 N–H and O–H groups in total. The van der Waals surface area contributed by atoms with Crippen LogP contribution in [0.1, 0.15) is 52.9 Å². The highest BCUT2D eigenvalue weighted by Gasteiger charge is 2.45. The molecule has 192 valence electrons. The molecule has 36 heavy (non-hydrogen) atoms. The molecule has 4 heterocycles. The van der Waals surface area contributed by atoms with Crippen molar-refractivity contribution >= 4 is 17.5 Å². The number of carbonyl (C=O) groups excluding carboxylic acids is 1. The van der Waals surface area contributed by atoms with Gasteiger partial charge in [-0.1, -0.05) is 0 Å². The van der Waals surface area contributed by atoms with Crippen LogP contribution < -0.4 is 21.1 Å². The summed E-state index contributed by atoms with van der Waals surface area (Å²) in [5.41, 5.74) is 10.6. The number of benzene rings is 1. The lowest BCUT2D eigenvalue weighted by molar-refractivity contribution is 0.0391. The van der Waals surface area contributed by atoms with Crippen LogP contribution in [0.4, 0.5) is 11.6 Å². The first kappa shape index (κ1) is 23.5. The van der Waals surface area contributed by atoms with Crippen LogP contribution >= 0.6 is 0 Å². The van der Waals surface area contributed by atoms with Crippen LogP contribution in [-0.2, 0) is 23.0 Å². The van der Waals surface area contributed by atoms with E-state index in [1.165, 1.54) is 11.3 Å². The van der Waals surface area contributed by atoms with E-state index < -0.39 is 0 Å². The normalized spacial score (nSPS) is 21.4. The number of aromatic amines is 1. The fourth-order valence-electron chi connectivity index (χ4n) is 6.53. The molecule has 0 atom stereocenters. The number of amides is 1. The molecule has 3 aliphatic heterocycles. The van der Waals surface area contributed by atoms with Gasteiger partial charge >= 0.3 is 0 Å². The number of piperidine rings is 1. The number of nitrogens with one attached hydrogen (secondary N) is 1. The average molecular weight is 493 g/mol. The quantitative estimate of drug-likeness (QED) is 0.650. The van der Waals surface area contributed by atoms with Crippen molar-refractivity contribution in [2.45, 2.75) is 43.9 Å². The molecule has 0 radical (unpaired) electrons. The number of hydrogen-bond acceptors (Lipinski definition) is 7. The Morgan fingerprint density at radius 1 is 1.08 bits per heavy atom. The maximum atomic E-state index is 12.7. The van der Waals surface area contributed by atoms with Gasteiger partial charge in [-0.15, -0.1) is 0 Å². The third kappa shape index (κ3) is 4.28. The molecule has 1 aromatic carbocycles. The largest absolute Gasteiger partial charge is 0.379 e. The fourth-order valence-corrected chi connectivity index (χ4v) is 6.53. The molecule has 1 aliphatic carbocycles. The summed E-state index contributed by atoms with van der Waals surface area (Å²) in [6.07, 6.45) is 5.78. The first-order valence-electron chi connectivity index (χ1n) is 13.4. The minimum atomic E-state index is -0.381. The Morgan fingerprint density at radius 2 is 1.86 bits per heavy atom. The summed E-state index contributed by atoms with van der Waals surface area (Å²) in [5, 5.41) is 0. The van der Waals surface area contributed by atoms with Crippen LogP contribution in [0.25, 0.3) is 0 Å². The van der Waals surface area contributed by atoms with Gasteiger partial charge in [0.25, 0.3) is 5.56 Å². The highest BCUT2D eigenvalue weighted by molar-refractivity contribution is 5.94. The van der Waals surface area contributed by atoms with Gasteiger partial charge in [-0.05, 0) is 62.3 Å². The van der Waals surface area contributed by atoms with Crippen molar-refractivity contribution in [3.8, 4) is 0 Å². The topological polar surface area (TPSA) is 108 Å². The van der Waals surface area contributed by atoms with Gasteiger partial charge in [0.1, 0.15) is 0 Å². The molecule has 4 aliphatic rings. The summed E-state index contributed by atoms with van der Waals surface area (Å²) in [7, 11) is 0. The van der Waals surface area contributed by atoms with Gasteiger partial charge in [-0.3, -0.25) is 19.5 Å². The van der Waals surface area contributed by atoms with Crippen LogP contribution in [-0.4, -0.2) is 79.8 Å². The number of primary amides is 1. The highest BCUT2D eigenvalue weighted by atomic mass is 16.5. The Morgan fingerprint density at radius 3 is 2.64 bits per heavy atom. The van der Waals surface area contributed by atoms with Crippen molar-refractivity contribution in [2.24, 2.45) is 5.73 Å². The van der Waals surface area contributed by atoms with E-state index >= 15 is 0 Å². The minimum absolute atomic E-state index is 0.0292. The molecule has 2 aromatic rings. The maximum absolute atomic E-state index is 12.7. The molecule has 1 aromatic heterocycles. The van der Waals surface area contributed by atoms with E-state index in [-0.39, 0.29) is 16.9 Å². The molecule has 0 unspecified atom stereocenters. The molecule has 1 spiro atoms. The van der Waals surface area contributed by atoms with Gasteiger partial charge < -0.3 is 20.3 Å². The number of anilines is 2. The molecule has 0 bridgehead atoms. The third-order valence-electron chi connectivity index (χ3n) is 8.68. The van der Waals surface area contributed by atoms with E-state index in [9.17, 15) is 9.59 Å². The van der Waals surface area contributed by atoms with E-state index in [0.29, 0.717) is 11.5 Å². The van der Waals surface area contributed by atoms with Gasteiger partial charge in [0.15, 0.2) is 0 Å². The molecule has 6 rings (SSSR count). The van der Waals surface area contributed by atoms with Crippen LogP contribution in [0, 0.1) is 0 Å². The predicted octanol–water partition coefficient (Wildman–Crippen LogP) is 1.44. The first-order chi connectivity index (χ1) is 17.5. The predicted molar refractivity (Wildman–Crippen MR) is 139 cm³/mol. The summed E-state index contributed by atoms with van der Waals surface area (Å²) in [6, 6.07) is 5.97. The zero-order valence-corrected chi connectivity index (χ0v) is 20.9. The maximum Gasteiger partial charge on any atom is 0.255 e. The zero-order valence-electron chi connectivity index (χ0n) is 20.9. The van der Waals surface area contributed by atoms with E-state index in [0.717, 1.165) is 109 Å². The van der Waals surface area contributed by atoms with Gasteiger partial charge in [-0.25, -0.2) is 4.98 Å². The van der Waals surface area contributed by atoms with Crippen molar-refractivity contribution in [2.75, 3.05) is 68.8 Å². The molecular weight excluding hydrogens is 456 g/mol. The average Bonchev–Trinajstić information content (AvgIpc) is 3.20. The summed E-state index contributed by atoms with van der Waals surface area (Å²) < 4.78 is 5.51. The number of hydrogen-bond donors (Lipinski definition) is 2. The number of rotatable bonds is 5. The Labute approximate surface area is 211 Å². The Bertz CT molecular complexity index is 1200. The Hall–Kier alpha value is -2.91. The summed E-state index contributed by atoms with van der Waals surface area (Å²) >= 11 is 0. The number of fused-ring (bicyclic) bond motifs is 3. The lowest BCUT2D eigenvalue weighted by atomic mass is 9.74. The second-order valence-electron chi connectivity index (χ2n) is 10.8. The number of ether oxygens (including phenoxy) is 1. The fraction of sp³-hybridized carbons (Fsp3) is 0.593. The number of nitrogens with zero attached hydrogens (tertiary/aromatic N) is 4. The second kappa shape index (κ2) is 9.52. The van der Waals surface area contributed by atoms with Crippen molar-refractivity contribution in [1.29, 1.82) is 0 Å². The number of aromatic nitrogens is 2. The minimum Gasteiger partial charge on any atom is -0.379 e. The van der Waals surface area contributed by atoms with E-state index in [2.05, 4.69) is 25.8 Å². The summed E-state index contributed by atoms with van der Waals surface area (Å²) in [4.78, 5) is 39.8. The van der Waals surface area contributed by atoms with Gasteiger partial charge in [0.05, 0.1) is 18.9 Å². The smallest absolute Gasteiger partial charge is 0.255 e. The van der Waals surface area contributed by atoms with Crippen molar-refractivity contribution in [1.82, 2.24) is 14.9 Å². The molecule has 2 saturated heterocycles. The lowest BCUT2D eigenvalue weighted by Gasteiger charge is -2.40. The second-order valence-corrected chi connectivity index (χ2v) is 10.8. The van der Waals surface area contributed by atoms with Crippen LogP contribution in [0.2, 0.25) is 0 Å². The number of H-pyrrole nitrogens is 1. The van der Waals surface area contributed by atoms with Gasteiger partial charge in [0.2, 0.25) is 11.9 Å². The molecule has 9 nitrogen and oxygen atoms in total. The number of nitrogens with two attached hydrogens (primary N) is 1. The summed E-state index contributed by atoms with van der Waals surface area (Å²) in [5.74, 6) is 0.330. The SMILES string of the molecule is NC(=O)c1ccc2c(c1)C1(CCN(c3nc4c(c(=O)[nH]3)CCCC4)CC1)CN2CCN1CCOCC1. The molecule has 0 saturated carbocycles. The van der Waals surface area contributed by atoms with Crippen LogP contribution in [0.15, 0.2) is 23.0 Å². The Balaban J connectivity index is 1.23.